The van der Waals surface area contributed by atoms with E-state index in [0.717, 1.165) is 39.0 Å². The summed E-state index contributed by atoms with van der Waals surface area (Å²) in [5.74, 6) is 1.26. The molecule has 0 unspecified atom stereocenters. The minimum atomic E-state index is 0.0266. The van der Waals surface area contributed by atoms with Gasteiger partial charge in [-0.25, -0.2) is 4.98 Å². The lowest BCUT2D eigenvalue weighted by Crippen LogP contribution is -2.21. The van der Waals surface area contributed by atoms with Crippen molar-refractivity contribution in [3.05, 3.63) is 46.6 Å². The van der Waals surface area contributed by atoms with Gasteiger partial charge in [0, 0.05) is 29.0 Å². The number of nitrogens with one attached hydrogen (secondary N) is 1. The summed E-state index contributed by atoms with van der Waals surface area (Å²) < 4.78 is 16.8. The number of hydrogen-bond acceptors (Lipinski definition) is 7. The first-order valence-corrected chi connectivity index (χ1v) is 9.84. The highest BCUT2D eigenvalue weighted by Crippen LogP contribution is 2.43. The number of hydrazone groups is 1. The van der Waals surface area contributed by atoms with Gasteiger partial charge in [0.15, 0.2) is 11.5 Å². The van der Waals surface area contributed by atoms with Crippen LogP contribution in [-0.2, 0) is 11.3 Å². The van der Waals surface area contributed by atoms with Crippen molar-refractivity contribution in [3.8, 4) is 28.5 Å². The van der Waals surface area contributed by atoms with Crippen molar-refractivity contribution in [1.82, 2.24) is 10.4 Å². The Hall–Kier alpha value is -3.03. The zero-order valence-corrected chi connectivity index (χ0v) is 17.7. The van der Waals surface area contributed by atoms with Crippen LogP contribution in [0.25, 0.3) is 22.0 Å². The molecule has 30 heavy (non-hydrogen) atoms. The largest absolute Gasteiger partial charge is 0.506 e. The van der Waals surface area contributed by atoms with Crippen molar-refractivity contribution in [2.24, 2.45) is 5.10 Å². The molecule has 0 bridgehead atoms. The molecule has 7 nitrogen and oxygen atoms in total. The van der Waals surface area contributed by atoms with Crippen molar-refractivity contribution < 1.29 is 19.3 Å². The number of halogens is 1. The molecule has 156 valence electrons. The number of methoxy groups -OCH3 is 2. The molecule has 0 fully saturated rings. The van der Waals surface area contributed by atoms with Crippen LogP contribution in [0.5, 0.6) is 17.2 Å². The van der Waals surface area contributed by atoms with Gasteiger partial charge < -0.3 is 24.7 Å². The van der Waals surface area contributed by atoms with Crippen LogP contribution in [0.1, 0.15) is 18.2 Å². The molecule has 4 rings (SSSR count). The number of phenols is 1. The Morgan fingerprint density at radius 3 is 2.73 bits per heavy atom. The molecule has 2 heterocycles. The minimum Gasteiger partial charge on any atom is -0.506 e. The number of hydrogen-bond donors (Lipinski definition) is 2. The van der Waals surface area contributed by atoms with Crippen LogP contribution in [0.15, 0.2) is 35.4 Å². The molecule has 3 aromatic rings. The normalized spacial score (nSPS) is 12.9. The van der Waals surface area contributed by atoms with E-state index in [9.17, 15) is 5.11 Å². The van der Waals surface area contributed by atoms with Crippen molar-refractivity contribution >= 4 is 28.1 Å². The number of ether oxygens (including phenoxy) is 3. The Bertz CT molecular complexity index is 1150. The fourth-order valence-corrected chi connectivity index (χ4v) is 3.82. The van der Waals surface area contributed by atoms with E-state index in [1.165, 1.54) is 0 Å². The van der Waals surface area contributed by atoms with Crippen LogP contribution in [0.4, 0.5) is 0 Å². The zero-order chi connectivity index (χ0) is 21.3. The van der Waals surface area contributed by atoms with Gasteiger partial charge >= 0.3 is 0 Å². The third kappa shape index (κ3) is 3.51. The van der Waals surface area contributed by atoms with E-state index in [0.29, 0.717) is 31.3 Å². The highest BCUT2D eigenvalue weighted by Gasteiger charge is 2.24. The number of phenolic OH excluding ortho intramolecular Hbond substituents is 1. The van der Waals surface area contributed by atoms with Gasteiger partial charge in [-0.15, -0.1) is 0 Å². The van der Waals surface area contributed by atoms with Gasteiger partial charge in [-0.3, -0.25) is 0 Å². The number of rotatable bonds is 6. The molecule has 2 N–H and O–H groups in total. The summed E-state index contributed by atoms with van der Waals surface area (Å²) in [7, 11) is 3.25. The van der Waals surface area contributed by atoms with Crippen LogP contribution >= 0.6 is 11.6 Å². The molecule has 0 radical (unpaired) electrons. The summed E-state index contributed by atoms with van der Waals surface area (Å²) in [6.07, 6.45) is 0. The van der Waals surface area contributed by atoms with Gasteiger partial charge in [-0.05, 0) is 37.3 Å². The van der Waals surface area contributed by atoms with Gasteiger partial charge in [-0.1, -0.05) is 11.6 Å². The van der Waals surface area contributed by atoms with Gasteiger partial charge in [0.25, 0.3) is 0 Å². The van der Waals surface area contributed by atoms with E-state index in [1.54, 1.807) is 32.4 Å². The van der Waals surface area contributed by atoms with Crippen molar-refractivity contribution in [1.29, 1.82) is 0 Å². The smallest absolute Gasteiger partial charge is 0.169 e. The fourth-order valence-electron chi connectivity index (χ4n) is 3.64. The summed E-state index contributed by atoms with van der Waals surface area (Å²) in [5, 5.41) is 16.2. The second kappa shape index (κ2) is 8.38. The third-order valence-electron chi connectivity index (χ3n) is 4.99. The highest BCUT2D eigenvalue weighted by atomic mass is 35.5. The first kappa shape index (κ1) is 20.3. The number of aromatic hydroxyl groups is 1. The quantitative estimate of drug-likeness (QED) is 0.575. The highest BCUT2D eigenvalue weighted by molar-refractivity contribution is 6.32. The summed E-state index contributed by atoms with van der Waals surface area (Å²) >= 11 is 6.17. The van der Waals surface area contributed by atoms with Crippen LogP contribution in [-0.4, -0.2) is 43.2 Å². The predicted octanol–water partition coefficient (Wildman–Crippen LogP) is 4.12. The summed E-state index contributed by atoms with van der Waals surface area (Å²) in [5.41, 5.74) is 7.14. The van der Waals surface area contributed by atoms with Crippen LogP contribution < -0.4 is 14.9 Å². The lowest BCUT2D eigenvalue weighted by molar-refractivity contribution is 0.144. The molecule has 8 heteroatoms. The van der Waals surface area contributed by atoms with Crippen molar-refractivity contribution in [2.75, 3.05) is 27.4 Å². The van der Waals surface area contributed by atoms with E-state index < -0.39 is 0 Å². The molecular weight excluding hydrogens is 406 g/mol. The molecular formula is C22H22ClN3O4. The average molecular weight is 428 g/mol. The number of benzene rings is 2. The maximum atomic E-state index is 9.83. The van der Waals surface area contributed by atoms with Crippen LogP contribution in [0, 0.1) is 0 Å². The molecule has 0 saturated carbocycles. The van der Waals surface area contributed by atoms with Crippen LogP contribution in [0.3, 0.4) is 0 Å². The average Bonchev–Trinajstić information content (AvgIpc) is 2.75. The monoisotopic (exact) mass is 427 g/mol. The molecule has 0 aliphatic carbocycles. The second-order valence-corrected chi connectivity index (χ2v) is 7.25. The first-order chi connectivity index (χ1) is 14.5. The SMILES string of the molecule is COCCOc1ccc2c(-c3ccc(O)c(Cl)c3)nc3c(c2c1OC)C(C)=NNC3. The zero-order valence-electron chi connectivity index (χ0n) is 17.0. The van der Waals surface area contributed by atoms with Crippen LogP contribution in [0.2, 0.25) is 5.02 Å². The molecule has 1 aliphatic rings. The van der Waals surface area contributed by atoms with Gasteiger partial charge in [0.05, 0.1) is 42.4 Å². The topological polar surface area (TPSA) is 85.2 Å². The first-order valence-electron chi connectivity index (χ1n) is 9.46. The number of pyridine rings is 1. The number of fused-ring (bicyclic) bond motifs is 3. The van der Waals surface area contributed by atoms with E-state index in [2.05, 4.69) is 10.5 Å². The van der Waals surface area contributed by atoms with E-state index in [4.69, 9.17) is 30.8 Å². The predicted molar refractivity (Wildman–Crippen MR) is 117 cm³/mol. The van der Waals surface area contributed by atoms with E-state index in [-0.39, 0.29) is 10.8 Å². The minimum absolute atomic E-state index is 0.0266. The third-order valence-corrected chi connectivity index (χ3v) is 5.29. The molecule has 1 aromatic heterocycles. The Labute approximate surface area is 179 Å². The standard InChI is InChI=1S/C22H22ClN3O4/c1-12-19-16(11-24-26-12)25-21(13-4-6-17(27)15(23)10-13)14-5-7-18(30-9-8-28-2)22(29-3)20(14)19/h4-7,10,24,27H,8-9,11H2,1-3H3. The molecule has 1 aliphatic heterocycles. The second-order valence-electron chi connectivity index (χ2n) is 6.84. The lowest BCUT2D eigenvalue weighted by Gasteiger charge is -2.22. The fraction of sp³-hybridized carbons (Fsp3) is 0.273. The summed E-state index contributed by atoms with van der Waals surface area (Å²) in [6.45, 7) is 3.29. The Morgan fingerprint density at radius 1 is 1.17 bits per heavy atom. The Morgan fingerprint density at radius 2 is 2.00 bits per heavy atom. The molecule has 0 atom stereocenters. The van der Waals surface area contributed by atoms with Gasteiger partial charge in [0.2, 0.25) is 0 Å². The molecule has 0 spiro atoms. The number of nitrogens with zero attached hydrogens (tertiary/aromatic N) is 2. The summed E-state index contributed by atoms with van der Waals surface area (Å²) in [6, 6.07) is 8.89. The van der Waals surface area contributed by atoms with Gasteiger partial charge in [-0.2, -0.15) is 5.10 Å². The molecule has 0 saturated heterocycles. The Kier molecular flexibility index (Phi) is 5.65. The van der Waals surface area contributed by atoms with E-state index in [1.807, 2.05) is 19.1 Å². The van der Waals surface area contributed by atoms with Gasteiger partial charge in [0.1, 0.15) is 12.4 Å². The number of aromatic nitrogens is 1. The van der Waals surface area contributed by atoms with Crippen molar-refractivity contribution in [2.45, 2.75) is 13.5 Å². The van der Waals surface area contributed by atoms with Crippen molar-refractivity contribution in [3.63, 3.8) is 0 Å². The Balaban J connectivity index is 2.02. The van der Waals surface area contributed by atoms with E-state index >= 15 is 0 Å². The molecule has 2 aromatic carbocycles. The lowest BCUT2D eigenvalue weighted by atomic mass is 9.94. The maximum Gasteiger partial charge on any atom is 0.169 e. The maximum absolute atomic E-state index is 9.83. The summed E-state index contributed by atoms with van der Waals surface area (Å²) in [4.78, 5) is 4.91. The molecule has 0 amide bonds.